The van der Waals surface area contributed by atoms with E-state index in [0.717, 1.165) is 43.5 Å². The molecule has 2 unspecified atom stereocenters. The highest BCUT2D eigenvalue weighted by atomic mass is 32.2. The van der Waals surface area contributed by atoms with Gasteiger partial charge in [-0.05, 0) is 48.9 Å². The Morgan fingerprint density at radius 3 is 3.05 bits per heavy atom. The van der Waals surface area contributed by atoms with Gasteiger partial charge in [-0.15, -0.1) is 0 Å². The van der Waals surface area contributed by atoms with Crippen LogP contribution in [0.5, 0.6) is 0 Å². The summed E-state index contributed by atoms with van der Waals surface area (Å²) in [6.07, 6.45) is 4.12. The van der Waals surface area contributed by atoms with E-state index in [1.807, 2.05) is 6.07 Å². The molecule has 1 aliphatic heterocycles. The Bertz CT molecular complexity index is 583. The third-order valence-corrected chi connectivity index (χ3v) is 5.47. The van der Waals surface area contributed by atoms with Gasteiger partial charge in [0.15, 0.2) is 0 Å². The Morgan fingerprint density at radius 1 is 1.42 bits per heavy atom. The summed E-state index contributed by atoms with van der Waals surface area (Å²) in [5.74, 6) is 0.538. The molecule has 4 nitrogen and oxygen atoms in total. The van der Waals surface area contributed by atoms with Crippen LogP contribution >= 0.6 is 0 Å². The van der Waals surface area contributed by atoms with Crippen LogP contribution in [0.25, 0.3) is 0 Å². The summed E-state index contributed by atoms with van der Waals surface area (Å²) in [6.45, 7) is 3.03. The minimum atomic E-state index is -3.35. The van der Waals surface area contributed by atoms with Gasteiger partial charge in [-0.1, -0.05) is 13.3 Å². The average Bonchev–Trinajstić information content (AvgIpc) is 2.92. The summed E-state index contributed by atoms with van der Waals surface area (Å²) in [5, 5.41) is 3.24. The van der Waals surface area contributed by atoms with Gasteiger partial charge in [0, 0.05) is 18.3 Å². The molecule has 2 N–H and O–H groups in total. The number of sulfonamides is 1. The summed E-state index contributed by atoms with van der Waals surface area (Å²) >= 11 is 0. The lowest BCUT2D eigenvalue weighted by atomic mass is 10.2. The molecule has 3 rings (SSSR count). The summed E-state index contributed by atoms with van der Waals surface area (Å²) in [4.78, 5) is 0.400. The van der Waals surface area contributed by atoms with E-state index in [0.29, 0.717) is 10.8 Å². The predicted octanol–water partition coefficient (Wildman–Crippen LogP) is 2.12. The normalized spacial score (nSPS) is 24.9. The Kier molecular flexibility index (Phi) is 3.27. The molecule has 0 spiro atoms. The van der Waals surface area contributed by atoms with Crippen molar-refractivity contribution in [3.05, 3.63) is 23.8 Å². The number of anilines is 1. The topological polar surface area (TPSA) is 58.2 Å². The number of rotatable bonds is 5. The lowest BCUT2D eigenvalue weighted by molar-refractivity contribution is 0.573. The molecule has 1 aromatic rings. The third kappa shape index (κ3) is 2.62. The first kappa shape index (κ1) is 12.9. The van der Waals surface area contributed by atoms with E-state index in [2.05, 4.69) is 17.0 Å². The van der Waals surface area contributed by atoms with Crippen LogP contribution in [-0.2, 0) is 16.4 Å². The van der Waals surface area contributed by atoms with Crippen LogP contribution < -0.4 is 10.0 Å². The van der Waals surface area contributed by atoms with Crippen LogP contribution in [0.2, 0.25) is 0 Å². The Hall–Kier alpha value is -1.07. The molecule has 1 saturated carbocycles. The van der Waals surface area contributed by atoms with Crippen molar-refractivity contribution in [2.24, 2.45) is 5.92 Å². The van der Waals surface area contributed by atoms with E-state index >= 15 is 0 Å². The predicted molar refractivity (Wildman–Crippen MR) is 75.8 cm³/mol. The minimum Gasteiger partial charge on any atom is -0.384 e. The van der Waals surface area contributed by atoms with Gasteiger partial charge in [0.05, 0.1) is 4.90 Å². The van der Waals surface area contributed by atoms with Gasteiger partial charge in [0.1, 0.15) is 0 Å². The fraction of sp³-hybridized carbons (Fsp3) is 0.571. The zero-order chi connectivity index (χ0) is 13.5. The smallest absolute Gasteiger partial charge is 0.240 e. The van der Waals surface area contributed by atoms with Crippen molar-refractivity contribution in [3.63, 3.8) is 0 Å². The van der Waals surface area contributed by atoms with E-state index < -0.39 is 10.0 Å². The maximum Gasteiger partial charge on any atom is 0.240 e. The van der Waals surface area contributed by atoms with E-state index in [1.54, 1.807) is 12.1 Å². The largest absolute Gasteiger partial charge is 0.384 e. The number of hydrogen-bond acceptors (Lipinski definition) is 3. The second-order valence-electron chi connectivity index (χ2n) is 5.51. The second kappa shape index (κ2) is 4.80. The molecule has 0 aromatic heterocycles. The van der Waals surface area contributed by atoms with Gasteiger partial charge < -0.3 is 5.32 Å². The van der Waals surface area contributed by atoms with Crippen LogP contribution in [0.4, 0.5) is 5.69 Å². The standard InChI is InChI=1S/C14H20N2O2S/c1-2-3-10-9-14(10)16-19(17,18)12-4-5-13-11(8-12)6-7-15-13/h4-5,8,10,14-16H,2-3,6-7,9H2,1H3. The Morgan fingerprint density at radius 2 is 2.26 bits per heavy atom. The van der Waals surface area contributed by atoms with Gasteiger partial charge in [0.25, 0.3) is 0 Å². The molecule has 2 aliphatic rings. The molecule has 104 valence electrons. The van der Waals surface area contributed by atoms with Crippen molar-refractivity contribution in [1.29, 1.82) is 0 Å². The average molecular weight is 280 g/mol. The van der Waals surface area contributed by atoms with Crippen molar-refractivity contribution in [2.45, 2.75) is 43.5 Å². The highest BCUT2D eigenvalue weighted by Gasteiger charge is 2.39. The Balaban J connectivity index is 1.74. The first-order valence-corrected chi connectivity index (χ1v) is 8.47. The monoisotopic (exact) mass is 280 g/mol. The molecule has 1 aliphatic carbocycles. The van der Waals surface area contributed by atoms with Crippen molar-refractivity contribution >= 4 is 15.7 Å². The highest BCUT2D eigenvalue weighted by molar-refractivity contribution is 7.89. The molecular formula is C14H20N2O2S. The first-order chi connectivity index (χ1) is 9.10. The van der Waals surface area contributed by atoms with Crippen molar-refractivity contribution in [1.82, 2.24) is 4.72 Å². The summed E-state index contributed by atoms with van der Waals surface area (Å²) in [6, 6.07) is 5.51. The molecule has 0 saturated heterocycles. The number of hydrogen-bond donors (Lipinski definition) is 2. The van der Waals surface area contributed by atoms with E-state index in [9.17, 15) is 8.42 Å². The molecule has 19 heavy (non-hydrogen) atoms. The first-order valence-electron chi connectivity index (χ1n) is 6.99. The number of fused-ring (bicyclic) bond motifs is 1. The van der Waals surface area contributed by atoms with Crippen LogP contribution in [0, 0.1) is 5.92 Å². The van der Waals surface area contributed by atoms with Gasteiger partial charge >= 0.3 is 0 Å². The Labute approximate surface area is 114 Å². The quantitative estimate of drug-likeness (QED) is 0.868. The maximum atomic E-state index is 12.3. The highest BCUT2D eigenvalue weighted by Crippen LogP contribution is 2.36. The molecule has 0 amide bonds. The van der Waals surface area contributed by atoms with Crippen molar-refractivity contribution in [2.75, 3.05) is 11.9 Å². The number of nitrogens with one attached hydrogen (secondary N) is 2. The van der Waals surface area contributed by atoms with Gasteiger partial charge in [-0.2, -0.15) is 0 Å². The molecule has 2 atom stereocenters. The third-order valence-electron chi connectivity index (χ3n) is 3.99. The van der Waals surface area contributed by atoms with Crippen molar-refractivity contribution in [3.8, 4) is 0 Å². The van der Waals surface area contributed by atoms with Crippen LogP contribution in [0.15, 0.2) is 23.1 Å². The van der Waals surface area contributed by atoms with Gasteiger partial charge in [0.2, 0.25) is 10.0 Å². The molecule has 0 radical (unpaired) electrons. The minimum absolute atomic E-state index is 0.149. The molecular weight excluding hydrogens is 260 g/mol. The lowest BCUT2D eigenvalue weighted by Crippen LogP contribution is -2.27. The van der Waals surface area contributed by atoms with Crippen LogP contribution in [0.1, 0.15) is 31.7 Å². The molecule has 5 heteroatoms. The van der Waals surface area contributed by atoms with E-state index in [4.69, 9.17) is 0 Å². The number of benzene rings is 1. The SMILES string of the molecule is CCCC1CC1NS(=O)(=O)c1ccc2c(c1)CCN2. The zero-order valence-electron chi connectivity index (χ0n) is 11.1. The lowest BCUT2D eigenvalue weighted by Gasteiger charge is -2.08. The van der Waals surface area contributed by atoms with Crippen molar-refractivity contribution < 1.29 is 8.42 Å². The maximum absolute atomic E-state index is 12.3. The zero-order valence-corrected chi connectivity index (χ0v) is 12.0. The van der Waals surface area contributed by atoms with Crippen LogP contribution in [0.3, 0.4) is 0 Å². The van der Waals surface area contributed by atoms with Gasteiger partial charge in [-0.3, -0.25) is 0 Å². The fourth-order valence-electron chi connectivity index (χ4n) is 2.80. The molecule has 1 aromatic carbocycles. The van der Waals surface area contributed by atoms with Crippen LogP contribution in [-0.4, -0.2) is 21.0 Å². The molecule has 1 heterocycles. The second-order valence-corrected chi connectivity index (χ2v) is 7.22. The summed E-state index contributed by atoms with van der Waals surface area (Å²) in [7, 11) is -3.35. The van der Waals surface area contributed by atoms with Gasteiger partial charge in [-0.25, -0.2) is 13.1 Å². The van der Waals surface area contributed by atoms with E-state index in [1.165, 1.54) is 0 Å². The summed E-state index contributed by atoms with van der Waals surface area (Å²) < 4.78 is 27.4. The molecule has 1 fully saturated rings. The summed E-state index contributed by atoms with van der Waals surface area (Å²) in [5.41, 5.74) is 2.16. The fourth-order valence-corrected chi connectivity index (χ4v) is 4.17. The van der Waals surface area contributed by atoms with E-state index in [-0.39, 0.29) is 6.04 Å². The molecule has 0 bridgehead atoms.